The number of aryl methyl sites for hydroxylation is 1. The number of hydrogen-bond donors (Lipinski definition) is 2. The molecular formula is C25H23FN8O. The second-order valence-corrected chi connectivity index (χ2v) is 8.97. The SMILES string of the molecule is CN(C)C(=O)c1cnn2c(N[C@@H]3CCc4[nH]c5ccccc5c4C3)nc(-c3cncc(F)c3)nc12. The zero-order valence-corrected chi connectivity index (χ0v) is 19.3. The number of nitrogens with one attached hydrogen (secondary N) is 2. The van der Waals surface area contributed by atoms with Crippen molar-refractivity contribution in [3.05, 3.63) is 71.6 Å². The highest BCUT2D eigenvalue weighted by Crippen LogP contribution is 2.30. The topological polar surface area (TPSA) is 104 Å². The fourth-order valence-corrected chi connectivity index (χ4v) is 4.70. The molecule has 0 unspecified atom stereocenters. The van der Waals surface area contributed by atoms with E-state index in [9.17, 15) is 9.18 Å². The number of anilines is 1. The van der Waals surface area contributed by atoms with E-state index in [-0.39, 0.29) is 17.8 Å². The molecule has 4 heterocycles. The molecule has 0 saturated carbocycles. The molecule has 176 valence electrons. The first kappa shape index (κ1) is 21.2. The molecule has 0 spiro atoms. The van der Waals surface area contributed by atoms with Gasteiger partial charge in [-0.25, -0.2) is 9.37 Å². The second kappa shape index (κ2) is 8.15. The summed E-state index contributed by atoms with van der Waals surface area (Å²) < 4.78 is 15.5. The number of fused-ring (bicyclic) bond motifs is 4. The molecule has 1 aliphatic carbocycles. The summed E-state index contributed by atoms with van der Waals surface area (Å²) in [4.78, 5) is 30.9. The maximum absolute atomic E-state index is 13.9. The van der Waals surface area contributed by atoms with Crippen molar-refractivity contribution in [1.82, 2.24) is 34.4 Å². The van der Waals surface area contributed by atoms with Gasteiger partial charge in [0.1, 0.15) is 11.4 Å². The minimum absolute atomic E-state index is 0.0930. The Bertz CT molecular complexity index is 1590. The number of pyridine rings is 1. The lowest BCUT2D eigenvalue weighted by molar-refractivity contribution is 0.0829. The number of carbonyl (C=O) groups excluding carboxylic acids is 1. The van der Waals surface area contributed by atoms with Crippen LogP contribution in [0.3, 0.4) is 0 Å². The summed E-state index contributed by atoms with van der Waals surface area (Å²) in [6, 6.07) is 9.73. The van der Waals surface area contributed by atoms with Crippen LogP contribution in [0.15, 0.2) is 48.9 Å². The van der Waals surface area contributed by atoms with Gasteiger partial charge in [0.05, 0.1) is 12.4 Å². The molecule has 10 heteroatoms. The summed E-state index contributed by atoms with van der Waals surface area (Å²) >= 11 is 0. The molecule has 1 aliphatic rings. The third kappa shape index (κ3) is 3.67. The first-order chi connectivity index (χ1) is 17.0. The maximum atomic E-state index is 13.9. The average molecular weight is 471 g/mol. The Morgan fingerprint density at radius 3 is 2.89 bits per heavy atom. The normalized spacial score (nSPS) is 15.3. The minimum Gasteiger partial charge on any atom is -0.358 e. The lowest BCUT2D eigenvalue weighted by atomic mass is 9.91. The summed E-state index contributed by atoms with van der Waals surface area (Å²) in [6.45, 7) is 0. The van der Waals surface area contributed by atoms with Gasteiger partial charge in [-0.05, 0) is 37.0 Å². The number of aromatic nitrogens is 6. The standard InChI is InChI=1S/C25H23FN8O/c1-33(2)24(35)19-13-28-34-23(19)31-22(14-9-15(26)12-27-11-14)32-25(34)29-16-7-8-21-18(10-16)17-5-3-4-6-20(17)30-21/h3-6,9,11-13,16,30H,7-8,10H2,1-2H3,(H,29,31,32)/t16-/m1/s1. The van der Waals surface area contributed by atoms with Gasteiger partial charge in [0.2, 0.25) is 5.95 Å². The van der Waals surface area contributed by atoms with Crippen molar-refractivity contribution < 1.29 is 9.18 Å². The average Bonchev–Trinajstić information content (AvgIpc) is 3.45. The molecule has 4 aromatic heterocycles. The van der Waals surface area contributed by atoms with E-state index < -0.39 is 5.82 Å². The number of benzene rings is 1. The van der Waals surface area contributed by atoms with Crippen LogP contribution in [0, 0.1) is 5.82 Å². The Morgan fingerprint density at radius 2 is 2.06 bits per heavy atom. The van der Waals surface area contributed by atoms with Crippen LogP contribution in [0.1, 0.15) is 28.0 Å². The van der Waals surface area contributed by atoms with Crippen molar-refractivity contribution >= 4 is 28.4 Å². The van der Waals surface area contributed by atoms with Crippen molar-refractivity contribution in [3.63, 3.8) is 0 Å². The van der Waals surface area contributed by atoms with Gasteiger partial charge in [0.25, 0.3) is 5.91 Å². The van der Waals surface area contributed by atoms with Gasteiger partial charge in [-0.2, -0.15) is 14.6 Å². The molecule has 0 aliphatic heterocycles. The van der Waals surface area contributed by atoms with Crippen LogP contribution in [0.4, 0.5) is 10.3 Å². The Balaban J connectivity index is 1.43. The molecule has 6 rings (SSSR count). The third-order valence-electron chi connectivity index (χ3n) is 6.40. The van der Waals surface area contributed by atoms with Gasteiger partial charge < -0.3 is 15.2 Å². The molecule has 2 N–H and O–H groups in total. The van der Waals surface area contributed by atoms with Gasteiger partial charge in [-0.1, -0.05) is 18.2 Å². The van der Waals surface area contributed by atoms with E-state index in [1.807, 2.05) is 12.1 Å². The van der Waals surface area contributed by atoms with Gasteiger partial charge >= 0.3 is 0 Å². The number of amides is 1. The maximum Gasteiger partial charge on any atom is 0.258 e. The molecule has 0 radical (unpaired) electrons. The fourth-order valence-electron chi connectivity index (χ4n) is 4.70. The summed E-state index contributed by atoms with van der Waals surface area (Å²) in [7, 11) is 3.34. The first-order valence-electron chi connectivity index (χ1n) is 11.4. The number of para-hydroxylation sites is 1. The minimum atomic E-state index is -0.488. The van der Waals surface area contributed by atoms with E-state index in [0.29, 0.717) is 22.7 Å². The van der Waals surface area contributed by atoms with Crippen LogP contribution in [-0.2, 0) is 12.8 Å². The summed E-state index contributed by atoms with van der Waals surface area (Å²) in [5, 5.41) is 9.16. The molecular weight excluding hydrogens is 447 g/mol. The Hall–Kier alpha value is -4.34. The molecule has 0 fully saturated rings. The molecule has 1 atom stereocenters. The van der Waals surface area contributed by atoms with Crippen LogP contribution in [0.5, 0.6) is 0 Å². The van der Waals surface area contributed by atoms with Crippen molar-refractivity contribution in [3.8, 4) is 11.4 Å². The number of aromatic amines is 1. The van der Waals surface area contributed by atoms with E-state index in [2.05, 4.69) is 42.5 Å². The van der Waals surface area contributed by atoms with Crippen molar-refractivity contribution in [2.75, 3.05) is 19.4 Å². The second-order valence-electron chi connectivity index (χ2n) is 8.97. The quantitative estimate of drug-likeness (QED) is 0.417. The van der Waals surface area contributed by atoms with Gasteiger partial charge in [-0.3, -0.25) is 9.78 Å². The number of carbonyl (C=O) groups is 1. The lowest BCUT2D eigenvalue weighted by Gasteiger charge is -2.24. The van der Waals surface area contributed by atoms with Crippen molar-refractivity contribution in [2.24, 2.45) is 0 Å². The number of hydrogen-bond acceptors (Lipinski definition) is 6. The summed E-state index contributed by atoms with van der Waals surface area (Å²) in [5.41, 5.74) is 4.82. The van der Waals surface area contributed by atoms with Gasteiger partial charge in [-0.15, -0.1) is 0 Å². The highest BCUT2D eigenvalue weighted by Gasteiger charge is 2.25. The smallest absolute Gasteiger partial charge is 0.258 e. The molecule has 35 heavy (non-hydrogen) atoms. The molecule has 1 aromatic carbocycles. The number of nitrogens with zero attached hydrogens (tertiary/aromatic N) is 6. The van der Waals surface area contributed by atoms with E-state index in [1.165, 1.54) is 44.5 Å². The summed E-state index contributed by atoms with van der Waals surface area (Å²) in [5.74, 6) is -0.00365. The van der Waals surface area contributed by atoms with Gasteiger partial charge in [0, 0.05) is 48.5 Å². The monoisotopic (exact) mass is 470 g/mol. The molecule has 0 saturated heterocycles. The lowest BCUT2D eigenvalue weighted by Crippen LogP contribution is -2.29. The number of halogens is 1. The van der Waals surface area contributed by atoms with Crippen LogP contribution < -0.4 is 5.32 Å². The van der Waals surface area contributed by atoms with Gasteiger partial charge in [0.15, 0.2) is 11.5 Å². The van der Waals surface area contributed by atoms with Crippen molar-refractivity contribution in [2.45, 2.75) is 25.3 Å². The van der Waals surface area contributed by atoms with E-state index in [4.69, 9.17) is 0 Å². The van der Waals surface area contributed by atoms with Crippen LogP contribution in [-0.4, -0.2) is 60.5 Å². The van der Waals surface area contributed by atoms with E-state index >= 15 is 0 Å². The highest BCUT2D eigenvalue weighted by atomic mass is 19.1. The van der Waals surface area contributed by atoms with Crippen LogP contribution >= 0.6 is 0 Å². The molecule has 5 aromatic rings. The fraction of sp³-hybridized carbons (Fsp3) is 0.240. The van der Waals surface area contributed by atoms with Crippen molar-refractivity contribution in [1.29, 1.82) is 0 Å². The number of H-pyrrole nitrogens is 1. The summed E-state index contributed by atoms with van der Waals surface area (Å²) in [6.07, 6.45) is 6.73. The third-order valence-corrected chi connectivity index (χ3v) is 6.40. The zero-order chi connectivity index (χ0) is 24.1. The Labute approximate surface area is 200 Å². The molecule has 9 nitrogen and oxygen atoms in total. The van der Waals surface area contributed by atoms with E-state index in [0.717, 1.165) is 31.0 Å². The predicted molar refractivity (Wildman–Crippen MR) is 130 cm³/mol. The molecule has 1 amide bonds. The largest absolute Gasteiger partial charge is 0.358 e. The Morgan fingerprint density at radius 1 is 1.20 bits per heavy atom. The zero-order valence-electron chi connectivity index (χ0n) is 19.3. The van der Waals surface area contributed by atoms with Crippen LogP contribution in [0.2, 0.25) is 0 Å². The first-order valence-corrected chi connectivity index (χ1v) is 11.4. The van der Waals surface area contributed by atoms with Crippen LogP contribution in [0.25, 0.3) is 27.9 Å². The molecule has 0 bridgehead atoms. The Kier molecular flexibility index (Phi) is 4.94. The highest BCUT2D eigenvalue weighted by molar-refractivity contribution is 5.99. The number of rotatable bonds is 4. The predicted octanol–water partition coefficient (Wildman–Crippen LogP) is 3.48. The van der Waals surface area contributed by atoms with E-state index in [1.54, 1.807) is 14.1 Å².